The van der Waals surface area contributed by atoms with Crippen molar-refractivity contribution in [3.8, 4) is 0 Å². The topological polar surface area (TPSA) is 88.4 Å². The molecule has 4 rings (SSSR count). The number of fused-ring (bicyclic) bond motifs is 1. The molecular formula is C22H20F3N5O3. The van der Waals surface area contributed by atoms with Gasteiger partial charge < -0.3 is 9.80 Å². The van der Waals surface area contributed by atoms with Gasteiger partial charge in [0, 0.05) is 38.2 Å². The maximum absolute atomic E-state index is 12.9. The first-order valence-electron chi connectivity index (χ1n) is 10.3. The van der Waals surface area contributed by atoms with Gasteiger partial charge in [-0.3, -0.25) is 14.4 Å². The number of aryl methyl sites for hydroxylation is 1. The maximum Gasteiger partial charge on any atom is 0.416 e. The summed E-state index contributed by atoms with van der Waals surface area (Å²) >= 11 is 0. The average molecular weight is 459 g/mol. The van der Waals surface area contributed by atoms with Gasteiger partial charge in [-0.15, -0.1) is 5.10 Å². The molecule has 1 aliphatic heterocycles. The molecule has 2 amide bonds. The Balaban J connectivity index is 1.33. The van der Waals surface area contributed by atoms with E-state index in [1.165, 1.54) is 17.0 Å². The van der Waals surface area contributed by atoms with E-state index in [9.17, 15) is 27.6 Å². The number of carbonyl (C=O) groups excluding carboxylic acids is 2. The van der Waals surface area contributed by atoms with Crippen molar-refractivity contribution in [2.24, 2.45) is 0 Å². The third-order valence-electron chi connectivity index (χ3n) is 5.52. The summed E-state index contributed by atoms with van der Waals surface area (Å²) in [6, 6.07) is 11.1. The van der Waals surface area contributed by atoms with E-state index in [0.29, 0.717) is 10.9 Å². The molecule has 1 saturated heterocycles. The van der Waals surface area contributed by atoms with Gasteiger partial charge in [0.05, 0.1) is 17.5 Å². The van der Waals surface area contributed by atoms with E-state index in [1.807, 2.05) is 0 Å². The van der Waals surface area contributed by atoms with Crippen molar-refractivity contribution in [2.45, 2.75) is 19.1 Å². The van der Waals surface area contributed by atoms with Crippen LogP contribution in [-0.2, 0) is 17.5 Å². The van der Waals surface area contributed by atoms with Gasteiger partial charge in [0.1, 0.15) is 5.52 Å². The lowest BCUT2D eigenvalue weighted by Gasteiger charge is -2.35. The van der Waals surface area contributed by atoms with Crippen molar-refractivity contribution in [2.75, 3.05) is 26.2 Å². The Hall–Kier alpha value is -3.76. The van der Waals surface area contributed by atoms with Crippen LogP contribution in [0.25, 0.3) is 10.9 Å². The average Bonchev–Trinajstić information content (AvgIpc) is 2.83. The number of rotatable bonds is 4. The predicted octanol–water partition coefficient (Wildman–Crippen LogP) is 2.18. The molecule has 172 valence electrons. The molecule has 0 N–H and O–H groups in total. The van der Waals surface area contributed by atoms with Crippen molar-refractivity contribution >= 4 is 22.7 Å². The molecule has 3 aromatic rings. The summed E-state index contributed by atoms with van der Waals surface area (Å²) in [5, 5.41) is 8.27. The molecule has 0 unspecified atom stereocenters. The minimum absolute atomic E-state index is 0.0362. The van der Waals surface area contributed by atoms with E-state index in [4.69, 9.17) is 0 Å². The van der Waals surface area contributed by atoms with Gasteiger partial charge in [0.25, 0.3) is 11.5 Å². The van der Waals surface area contributed by atoms with Gasteiger partial charge in [-0.25, -0.2) is 4.68 Å². The van der Waals surface area contributed by atoms with E-state index >= 15 is 0 Å². The van der Waals surface area contributed by atoms with E-state index < -0.39 is 17.6 Å². The minimum Gasteiger partial charge on any atom is -0.339 e. The number of aromatic nitrogens is 3. The lowest BCUT2D eigenvalue weighted by atomic mass is 10.1. The number of nitrogens with zero attached hydrogens (tertiary/aromatic N) is 5. The molecule has 2 aromatic carbocycles. The molecule has 2 heterocycles. The molecule has 1 aliphatic rings. The molecule has 1 aromatic heterocycles. The number of amides is 2. The standard InChI is InChI=1S/C22H20F3N5O3/c23-22(24,25)16-5-3-4-15(14-16)20(32)29-12-10-28(11-13-29)19(31)8-9-30-21(33)17-6-1-2-7-18(17)26-27-30/h1-7,14H,8-13H2. The van der Waals surface area contributed by atoms with Gasteiger partial charge in [0.2, 0.25) is 5.91 Å². The van der Waals surface area contributed by atoms with Crippen molar-refractivity contribution < 1.29 is 22.8 Å². The summed E-state index contributed by atoms with van der Waals surface area (Å²) in [7, 11) is 0. The van der Waals surface area contributed by atoms with Gasteiger partial charge >= 0.3 is 6.18 Å². The Kier molecular flexibility index (Phi) is 6.12. The fourth-order valence-electron chi connectivity index (χ4n) is 3.70. The van der Waals surface area contributed by atoms with Crippen LogP contribution in [0, 0.1) is 0 Å². The van der Waals surface area contributed by atoms with Gasteiger partial charge in [0.15, 0.2) is 0 Å². The fourth-order valence-corrected chi connectivity index (χ4v) is 3.70. The molecule has 11 heteroatoms. The normalized spacial score (nSPS) is 14.5. The lowest BCUT2D eigenvalue weighted by Crippen LogP contribution is -2.50. The van der Waals surface area contributed by atoms with E-state index in [-0.39, 0.29) is 56.2 Å². The maximum atomic E-state index is 12.9. The zero-order chi connectivity index (χ0) is 23.6. The largest absolute Gasteiger partial charge is 0.416 e. The molecule has 0 radical (unpaired) electrons. The van der Waals surface area contributed by atoms with Crippen molar-refractivity contribution in [3.63, 3.8) is 0 Å². The summed E-state index contributed by atoms with van der Waals surface area (Å²) < 4.78 is 39.9. The van der Waals surface area contributed by atoms with Crippen molar-refractivity contribution in [1.82, 2.24) is 24.8 Å². The van der Waals surface area contributed by atoms with E-state index in [2.05, 4.69) is 10.3 Å². The first-order chi connectivity index (χ1) is 15.7. The monoisotopic (exact) mass is 459 g/mol. The summed E-state index contributed by atoms with van der Waals surface area (Å²) in [5.41, 5.74) is -0.774. The smallest absolute Gasteiger partial charge is 0.339 e. The highest BCUT2D eigenvalue weighted by Gasteiger charge is 2.32. The van der Waals surface area contributed by atoms with Crippen LogP contribution >= 0.6 is 0 Å². The Morgan fingerprint density at radius 1 is 0.939 bits per heavy atom. The summed E-state index contributed by atoms with van der Waals surface area (Å²) in [5.74, 6) is -0.714. The molecule has 0 saturated carbocycles. The summed E-state index contributed by atoms with van der Waals surface area (Å²) in [6.45, 7) is 0.982. The van der Waals surface area contributed by atoms with Crippen LogP contribution in [0.5, 0.6) is 0 Å². The number of hydrogen-bond donors (Lipinski definition) is 0. The highest BCUT2D eigenvalue weighted by molar-refractivity contribution is 5.94. The molecule has 0 spiro atoms. The minimum atomic E-state index is -4.53. The number of alkyl halides is 3. The second-order valence-corrected chi connectivity index (χ2v) is 7.64. The van der Waals surface area contributed by atoms with Crippen LogP contribution in [0.15, 0.2) is 53.3 Å². The van der Waals surface area contributed by atoms with Crippen LogP contribution in [0.3, 0.4) is 0 Å². The molecule has 33 heavy (non-hydrogen) atoms. The van der Waals surface area contributed by atoms with Gasteiger partial charge in [-0.1, -0.05) is 23.4 Å². The lowest BCUT2D eigenvalue weighted by molar-refractivity contribution is -0.137. The Labute approximate surface area is 186 Å². The molecule has 0 bridgehead atoms. The number of hydrogen-bond acceptors (Lipinski definition) is 5. The fraction of sp³-hybridized carbons (Fsp3) is 0.318. The quantitative estimate of drug-likeness (QED) is 0.597. The second-order valence-electron chi connectivity index (χ2n) is 7.64. The number of halogens is 3. The molecule has 8 nitrogen and oxygen atoms in total. The molecule has 0 aliphatic carbocycles. The van der Waals surface area contributed by atoms with Gasteiger partial charge in [-0.05, 0) is 30.3 Å². The zero-order valence-electron chi connectivity index (χ0n) is 17.5. The Morgan fingerprint density at radius 2 is 1.64 bits per heavy atom. The van der Waals surface area contributed by atoms with Crippen molar-refractivity contribution in [3.05, 3.63) is 70.0 Å². The summed E-state index contributed by atoms with van der Waals surface area (Å²) in [6.07, 6.45) is -4.49. The van der Waals surface area contributed by atoms with Crippen LogP contribution in [0.2, 0.25) is 0 Å². The number of piperazine rings is 1. The van der Waals surface area contributed by atoms with Crippen LogP contribution in [-0.4, -0.2) is 62.8 Å². The Bertz CT molecular complexity index is 1250. The van der Waals surface area contributed by atoms with Gasteiger partial charge in [-0.2, -0.15) is 13.2 Å². The SMILES string of the molecule is O=C(CCn1nnc2ccccc2c1=O)N1CCN(C(=O)c2cccc(C(F)(F)F)c2)CC1. The second kappa shape index (κ2) is 9.00. The molecule has 1 fully saturated rings. The van der Waals surface area contributed by atoms with Crippen LogP contribution in [0.1, 0.15) is 22.3 Å². The Morgan fingerprint density at radius 3 is 2.36 bits per heavy atom. The third-order valence-corrected chi connectivity index (χ3v) is 5.52. The third kappa shape index (κ3) is 4.86. The molecular weight excluding hydrogens is 439 g/mol. The van der Waals surface area contributed by atoms with Crippen LogP contribution in [0.4, 0.5) is 13.2 Å². The zero-order valence-corrected chi connectivity index (χ0v) is 17.5. The highest BCUT2D eigenvalue weighted by Crippen LogP contribution is 2.29. The van der Waals surface area contributed by atoms with Crippen molar-refractivity contribution in [1.29, 1.82) is 0 Å². The first-order valence-corrected chi connectivity index (χ1v) is 10.3. The number of benzene rings is 2. The summed E-state index contributed by atoms with van der Waals surface area (Å²) in [4.78, 5) is 40.7. The first kappa shape index (κ1) is 22.4. The highest BCUT2D eigenvalue weighted by atomic mass is 19.4. The number of carbonyl (C=O) groups is 2. The van der Waals surface area contributed by atoms with E-state index in [0.717, 1.165) is 16.8 Å². The predicted molar refractivity (Wildman–Crippen MR) is 112 cm³/mol. The molecule has 0 atom stereocenters. The van der Waals surface area contributed by atoms with Crippen LogP contribution < -0.4 is 5.56 Å². The van der Waals surface area contributed by atoms with E-state index in [1.54, 1.807) is 29.2 Å².